The Morgan fingerprint density at radius 3 is 2.29 bits per heavy atom. The molecule has 0 saturated carbocycles. The Morgan fingerprint density at radius 1 is 0.968 bits per heavy atom. The molecule has 1 saturated heterocycles. The molecule has 2 aromatic rings. The molecule has 0 bridgehead atoms. The molecule has 0 aliphatic carbocycles. The summed E-state index contributed by atoms with van der Waals surface area (Å²) < 4.78 is 16.6. The molecule has 31 heavy (non-hydrogen) atoms. The van der Waals surface area contributed by atoms with Gasteiger partial charge in [0.05, 0.1) is 26.9 Å². The minimum absolute atomic E-state index is 0.211. The summed E-state index contributed by atoms with van der Waals surface area (Å²) in [6, 6.07) is 14.8. The highest BCUT2D eigenvalue weighted by atomic mass is 16.5. The maximum absolute atomic E-state index is 9.64. The first-order chi connectivity index (χ1) is 15.2. The minimum Gasteiger partial charge on any atom is -0.496 e. The molecule has 1 N–H and O–H groups in total. The standard InChI is InChI=1S/C25H36N2O4/c1-29-22-16-24(30-2)23(25(17-22)31-3)19-26-13-14-27(21(18-26)11-15-28)12-7-10-20-8-5-4-6-9-20/h4-6,8-9,16-17,21,28H,7,10-15,18-19H2,1-3H3. The Hall–Kier alpha value is -2.28. The summed E-state index contributed by atoms with van der Waals surface area (Å²) in [6.07, 6.45) is 3.01. The van der Waals surface area contributed by atoms with E-state index >= 15 is 0 Å². The van der Waals surface area contributed by atoms with E-state index in [0.717, 1.165) is 74.8 Å². The lowest BCUT2D eigenvalue weighted by Gasteiger charge is -2.41. The van der Waals surface area contributed by atoms with Crippen LogP contribution >= 0.6 is 0 Å². The van der Waals surface area contributed by atoms with Crippen molar-refractivity contribution in [1.82, 2.24) is 9.80 Å². The van der Waals surface area contributed by atoms with Gasteiger partial charge in [0, 0.05) is 51.0 Å². The van der Waals surface area contributed by atoms with Crippen LogP contribution < -0.4 is 14.2 Å². The summed E-state index contributed by atoms with van der Waals surface area (Å²) in [4.78, 5) is 4.97. The summed E-state index contributed by atoms with van der Waals surface area (Å²) in [5.74, 6) is 2.28. The molecule has 1 aliphatic rings. The van der Waals surface area contributed by atoms with E-state index in [4.69, 9.17) is 14.2 Å². The molecule has 0 aromatic heterocycles. The maximum Gasteiger partial charge on any atom is 0.130 e. The molecule has 1 aliphatic heterocycles. The smallest absolute Gasteiger partial charge is 0.130 e. The second-order valence-electron chi connectivity index (χ2n) is 8.04. The van der Waals surface area contributed by atoms with E-state index in [1.54, 1.807) is 21.3 Å². The Labute approximate surface area is 186 Å². The normalized spacial score (nSPS) is 17.5. The van der Waals surface area contributed by atoms with Gasteiger partial charge in [-0.05, 0) is 31.4 Å². The molecule has 170 valence electrons. The molecule has 1 atom stereocenters. The average molecular weight is 429 g/mol. The van der Waals surface area contributed by atoms with Crippen molar-refractivity contribution in [1.29, 1.82) is 0 Å². The number of nitrogens with zero attached hydrogens (tertiary/aromatic N) is 2. The number of ether oxygens (including phenoxy) is 3. The van der Waals surface area contributed by atoms with Crippen LogP contribution in [-0.2, 0) is 13.0 Å². The fourth-order valence-corrected chi connectivity index (χ4v) is 4.41. The fourth-order valence-electron chi connectivity index (χ4n) is 4.41. The highest BCUT2D eigenvalue weighted by Crippen LogP contribution is 2.35. The van der Waals surface area contributed by atoms with Crippen LogP contribution in [0, 0.1) is 0 Å². The van der Waals surface area contributed by atoms with Gasteiger partial charge in [-0.3, -0.25) is 9.80 Å². The van der Waals surface area contributed by atoms with Crippen LogP contribution in [0.1, 0.15) is 24.0 Å². The topological polar surface area (TPSA) is 54.4 Å². The zero-order chi connectivity index (χ0) is 22.1. The molecule has 2 aromatic carbocycles. The van der Waals surface area contributed by atoms with Crippen LogP contribution in [0.2, 0.25) is 0 Å². The van der Waals surface area contributed by atoms with E-state index in [9.17, 15) is 5.11 Å². The lowest BCUT2D eigenvalue weighted by atomic mass is 10.0. The number of aliphatic hydroxyl groups excluding tert-OH is 1. The summed E-state index contributed by atoms with van der Waals surface area (Å²) in [7, 11) is 5.00. The first-order valence-electron chi connectivity index (χ1n) is 11.1. The van der Waals surface area contributed by atoms with E-state index in [0.29, 0.717) is 6.04 Å². The van der Waals surface area contributed by atoms with Crippen LogP contribution in [0.15, 0.2) is 42.5 Å². The molecule has 6 nitrogen and oxygen atoms in total. The van der Waals surface area contributed by atoms with Crippen LogP contribution in [-0.4, -0.2) is 75.1 Å². The van der Waals surface area contributed by atoms with Crippen molar-refractivity contribution in [2.45, 2.75) is 31.8 Å². The lowest BCUT2D eigenvalue weighted by molar-refractivity contribution is 0.0539. The van der Waals surface area contributed by atoms with Gasteiger partial charge in [0.15, 0.2) is 0 Å². The summed E-state index contributed by atoms with van der Waals surface area (Å²) >= 11 is 0. The molecule has 1 unspecified atom stereocenters. The molecule has 1 fully saturated rings. The molecule has 0 radical (unpaired) electrons. The van der Waals surface area contributed by atoms with Crippen molar-refractivity contribution < 1.29 is 19.3 Å². The lowest BCUT2D eigenvalue weighted by Crippen LogP contribution is -2.53. The van der Waals surface area contributed by atoms with E-state index in [1.807, 2.05) is 12.1 Å². The number of hydrogen-bond acceptors (Lipinski definition) is 6. The number of rotatable bonds is 11. The second-order valence-corrected chi connectivity index (χ2v) is 8.04. The van der Waals surface area contributed by atoms with Gasteiger partial charge in [0.25, 0.3) is 0 Å². The molecule has 3 rings (SSSR count). The van der Waals surface area contributed by atoms with Gasteiger partial charge < -0.3 is 19.3 Å². The number of benzene rings is 2. The fraction of sp³-hybridized carbons (Fsp3) is 0.520. The molecule has 6 heteroatoms. The maximum atomic E-state index is 9.64. The van der Waals surface area contributed by atoms with Crippen LogP contribution in [0.4, 0.5) is 0 Å². The predicted octanol–water partition coefficient (Wildman–Crippen LogP) is 3.21. The molecular weight excluding hydrogens is 392 g/mol. The molecular formula is C25H36N2O4. The van der Waals surface area contributed by atoms with E-state index in [-0.39, 0.29) is 6.61 Å². The van der Waals surface area contributed by atoms with Crippen LogP contribution in [0.5, 0.6) is 17.2 Å². The SMILES string of the molecule is COc1cc(OC)c(CN2CCN(CCCc3ccccc3)C(CCO)C2)c(OC)c1. The van der Waals surface area contributed by atoms with Gasteiger partial charge in [0.1, 0.15) is 17.2 Å². The van der Waals surface area contributed by atoms with Crippen LogP contribution in [0.25, 0.3) is 0 Å². The van der Waals surface area contributed by atoms with Gasteiger partial charge in [-0.2, -0.15) is 0 Å². The monoisotopic (exact) mass is 428 g/mol. The summed E-state index contributed by atoms with van der Waals surface area (Å²) in [6.45, 7) is 4.91. The van der Waals surface area contributed by atoms with Crippen molar-refractivity contribution in [3.8, 4) is 17.2 Å². The van der Waals surface area contributed by atoms with Crippen molar-refractivity contribution >= 4 is 0 Å². The van der Waals surface area contributed by atoms with Crippen molar-refractivity contribution in [2.24, 2.45) is 0 Å². The molecule has 0 spiro atoms. The van der Waals surface area contributed by atoms with Gasteiger partial charge in [-0.15, -0.1) is 0 Å². The number of piperazine rings is 1. The third-order valence-corrected chi connectivity index (χ3v) is 6.10. The number of hydrogen-bond donors (Lipinski definition) is 1. The van der Waals surface area contributed by atoms with E-state index < -0.39 is 0 Å². The highest BCUT2D eigenvalue weighted by Gasteiger charge is 2.27. The van der Waals surface area contributed by atoms with Crippen molar-refractivity contribution in [3.05, 3.63) is 53.6 Å². The third-order valence-electron chi connectivity index (χ3n) is 6.10. The van der Waals surface area contributed by atoms with E-state index in [1.165, 1.54) is 5.56 Å². The van der Waals surface area contributed by atoms with Crippen LogP contribution in [0.3, 0.4) is 0 Å². The van der Waals surface area contributed by atoms with Gasteiger partial charge in [-0.1, -0.05) is 30.3 Å². The zero-order valence-corrected chi connectivity index (χ0v) is 19.0. The highest BCUT2D eigenvalue weighted by molar-refractivity contribution is 5.50. The van der Waals surface area contributed by atoms with E-state index in [2.05, 4.69) is 40.1 Å². The average Bonchev–Trinajstić information content (AvgIpc) is 2.81. The first-order valence-corrected chi connectivity index (χ1v) is 11.1. The number of methoxy groups -OCH3 is 3. The predicted molar refractivity (Wildman–Crippen MR) is 123 cm³/mol. The van der Waals surface area contributed by atoms with Gasteiger partial charge in [-0.25, -0.2) is 0 Å². The largest absolute Gasteiger partial charge is 0.496 e. The van der Waals surface area contributed by atoms with Gasteiger partial charge >= 0.3 is 0 Å². The summed E-state index contributed by atoms with van der Waals surface area (Å²) in [5.41, 5.74) is 2.42. The Kier molecular flexibility index (Phi) is 9.00. The minimum atomic E-state index is 0.211. The number of aliphatic hydroxyl groups is 1. The summed E-state index contributed by atoms with van der Waals surface area (Å²) in [5, 5.41) is 9.64. The van der Waals surface area contributed by atoms with Crippen molar-refractivity contribution in [3.63, 3.8) is 0 Å². The Morgan fingerprint density at radius 2 is 1.68 bits per heavy atom. The quantitative estimate of drug-likeness (QED) is 0.593. The van der Waals surface area contributed by atoms with Crippen molar-refractivity contribution in [2.75, 3.05) is 54.1 Å². The zero-order valence-electron chi connectivity index (χ0n) is 19.0. The first kappa shape index (κ1) is 23.4. The molecule has 0 amide bonds. The molecule has 1 heterocycles. The van der Waals surface area contributed by atoms with Gasteiger partial charge in [0.2, 0.25) is 0 Å². The second kappa shape index (κ2) is 11.9. The number of aryl methyl sites for hydroxylation is 1. The Bertz CT molecular complexity index is 774. The Balaban J connectivity index is 1.62. The third kappa shape index (κ3) is 6.35.